The summed E-state index contributed by atoms with van der Waals surface area (Å²) in [5.41, 5.74) is 10.8. The largest absolute Gasteiger partial charge is 2.00 e. The van der Waals surface area contributed by atoms with Crippen molar-refractivity contribution >= 4 is 21.8 Å². The van der Waals surface area contributed by atoms with E-state index < -0.39 is 0 Å². The molecule has 5 nitrogen and oxygen atoms in total. The normalized spacial score (nSPS) is 11.3. The van der Waals surface area contributed by atoms with Gasteiger partial charge in [-0.05, 0) is 79.6 Å². The van der Waals surface area contributed by atoms with Gasteiger partial charge in [0.15, 0.2) is 0 Å². The molecule has 0 saturated carbocycles. The van der Waals surface area contributed by atoms with Gasteiger partial charge in [0.25, 0.3) is 0 Å². The molecule has 0 spiro atoms. The zero-order chi connectivity index (χ0) is 31.8. The van der Waals surface area contributed by atoms with Crippen LogP contribution in [0.2, 0.25) is 0 Å². The van der Waals surface area contributed by atoms with Crippen LogP contribution in [0.25, 0.3) is 44.4 Å². The average molecular weight is 798 g/mol. The number of unbranched alkanes of at least 4 members (excludes halogenated alkanes) is 2. The van der Waals surface area contributed by atoms with Crippen LogP contribution in [0, 0.1) is 39.8 Å². The summed E-state index contributed by atoms with van der Waals surface area (Å²) in [6.07, 6.45) is 6.61. The molecule has 0 amide bonds. The van der Waals surface area contributed by atoms with E-state index in [0.29, 0.717) is 11.5 Å². The Bertz CT molecular complexity index is 2200. The van der Waals surface area contributed by atoms with E-state index in [1.54, 1.807) is 0 Å². The van der Waals surface area contributed by atoms with E-state index in [4.69, 9.17) is 14.8 Å². The number of fused-ring (bicyclic) bond motifs is 3. The second-order valence-electron chi connectivity index (χ2n) is 12.3. The Labute approximate surface area is 291 Å². The van der Waals surface area contributed by atoms with Crippen LogP contribution in [0.3, 0.4) is 0 Å². The molecule has 0 fully saturated rings. The summed E-state index contributed by atoms with van der Waals surface area (Å²) in [5, 5.41) is 7.24. The van der Waals surface area contributed by atoms with Gasteiger partial charge in [0.05, 0.1) is 5.69 Å². The first-order valence-electron chi connectivity index (χ1n) is 16.2. The third-order valence-corrected chi connectivity index (χ3v) is 8.69. The van der Waals surface area contributed by atoms with Crippen molar-refractivity contribution in [1.29, 1.82) is 0 Å². The molecule has 0 aliphatic carbocycles. The number of benzene rings is 4. The van der Waals surface area contributed by atoms with Crippen molar-refractivity contribution in [2.75, 3.05) is 0 Å². The Kier molecular flexibility index (Phi) is 9.47. The first kappa shape index (κ1) is 32.5. The van der Waals surface area contributed by atoms with Crippen molar-refractivity contribution < 1.29 is 25.8 Å². The predicted octanol–water partition coefficient (Wildman–Crippen LogP) is 10.4. The van der Waals surface area contributed by atoms with Crippen LogP contribution in [-0.2, 0) is 27.5 Å². The number of hydrogen-bond acceptors (Lipinski definition) is 3. The molecule has 7 aromatic rings. The maximum absolute atomic E-state index is 6.50. The fraction of sp³-hybridized carbons (Fsp3) is 0.220. The summed E-state index contributed by atoms with van der Waals surface area (Å²) in [6, 6.07) is 36.7. The smallest absolute Gasteiger partial charge is 0.509 e. The minimum Gasteiger partial charge on any atom is -0.509 e. The van der Waals surface area contributed by atoms with Gasteiger partial charge in [-0.3, -0.25) is 4.68 Å². The van der Waals surface area contributed by atoms with Gasteiger partial charge in [-0.25, -0.2) is 4.98 Å². The number of ether oxygens (including phenoxy) is 1. The van der Waals surface area contributed by atoms with E-state index >= 15 is 0 Å². The van der Waals surface area contributed by atoms with E-state index in [9.17, 15) is 0 Å². The molecule has 0 unspecified atom stereocenters. The fourth-order valence-corrected chi connectivity index (χ4v) is 6.50. The van der Waals surface area contributed by atoms with Gasteiger partial charge >= 0.3 is 21.1 Å². The summed E-state index contributed by atoms with van der Waals surface area (Å²) < 4.78 is 10.7. The molecule has 47 heavy (non-hydrogen) atoms. The van der Waals surface area contributed by atoms with Crippen LogP contribution in [0.1, 0.15) is 54.3 Å². The molecule has 238 valence electrons. The van der Waals surface area contributed by atoms with Gasteiger partial charge in [-0.1, -0.05) is 74.7 Å². The van der Waals surface area contributed by atoms with Crippen LogP contribution >= 0.6 is 0 Å². The quantitative estimate of drug-likeness (QED) is 0.108. The monoisotopic (exact) mass is 797 g/mol. The zero-order valence-corrected chi connectivity index (χ0v) is 29.8. The van der Waals surface area contributed by atoms with Crippen molar-refractivity contribution in [2.45, 2.75) is 60.3 Å². The van der Waals surface area contributed by atoms with Crippen LogP contribution in [0.5, 0.6) is 11.5 Å². The Morgan fingerprint density at radius 3 is 2.38 bits per heavy atom. The number of hydrogen-bond donors (Lipinski definition) is 0. The summed E-state index contributed by atoms with van der Waals surface area (Å²) in [7, 11) is 0. The molecule has 7 rings (SSSR count). The van der Waals surface area contributed by atoms with Crippen LogP contribution in [0.4, 0.5) is 0 Å². The number of aryl methyl sites for hydroxylation is 4. The molecule has 0 atom stereocenters. The molecule has 0 aliphatic rings. The molecule has 0 aliphatic heterocycles. The van der Waals surface area contributed by atoms with Gasteiger partial charge in [0.1, 0.15) is 5.82 Å². The van der Waals surface area contributed by atoms with Gasteiger partial charge in [0.2, 0.25) is 0 Å². The van der Waals surface area contributed by atoms with Gasteiger partial charge in [-0.2, -0.15) is 16.7 Å². The second-order valence-corrected chi connectivity index (χ2v) is 12.3. The molecule has 3 heterocycles. The average Bonchev–Trinajstić information content (AvgIpc) is 3.53. The molecular weight excluding hydrogens is 760 g/mol. The minimum absolute atomic E-state index is 0. The Morgan fingerprint density at radius 2 is 1.60 bits per heavy atom. The molecule has 0 radical (unpaired) electrons. The number of rotatable bonds is 9. The summed E-state index contributed by atoms with van der Waals surface area (Å²) in [6.45, 7) is 10.6. The van der Waals surface area contributed by atoms with Crippen LogP contribution < -0.4 is 4.74 Å². The number of nitrogens with zero attached hydrogens (tertiary/aromatic N) is 4. The van der Waals surface area contributed by atoms with Crippen molar-refractivity contribution in [2.24, 2.45) is 0 Å². The maximum Gasteiger partial charge on any atom is 2.00 e. The summed E-state index contributed by atoms with van der Waals surface area (Å²) in [5.74, 6) is 2.11. The van der Waals surface area contributed by atoms with Crippen molar-refractivity contribution in [3.63, 3.8) is 0 Å². The fourth-order valence-electron chi connectivity index (χ4n) is 6.50. The van der Waals surface area contributed by atoms with E-state index in [2.05, 4.69) is 112 Å². The van der Waals surface area contributed by atoms with Gasteiger partial charge in [0, 0.05) is 34.5 Å². The zero-order valence-electron chi connectivity index (χ0n) is 27.5. The standard InChI is InChI=1S/C41H38N4O.Pt/c1-6-7-9-12-31-15-18-38-37(24-31)36-17-16-34(26-39(36)44(38)40-23-27(2)19-20-42-40)46-35-22-28(3)21-33(25-35)45-30(5)41(29(4)43-45)32-13-10-8-11-14-32;/h8,10-11,13-24H,6-7,9,12H2,1-5H3;/q-2;+2. The number of pyridine rings is 1. The predicted molar refractivity (Wildman–Crippen MR) is 187 cm³/mol. The van der Waals surface area contributed by atoms with Gasteiger partial charge < -0.3 is 9.30 Å². The van der Waals surface area contributed by atoms with Gasteiger partial charge in [-0.15, -0.1) is 35.7 Å². The van der Waals surface area contributed by atoms with Crippen molar-refractivity contribution in [1.82, 2.24) is 19.3 Å². The first-order valence-corrected chi connectivity index (χ1v) is 16.2. The third kappa shape index (κ3) is 6.42. The molecule has 0 saturated heterocycles. The molecular formula is C41H38N4OPt. The first-order chi connectivity index (χ1) is 22.4. The van der Waals surface area contributed by atoms with Crippen LogP contribution in [-0.4, -0.2) is 19.3 Å². The van der Waals surface area contributed by atoms with E-state index in [0.717, 1.165) is 68.0 Å². The second kappa shape index (κ2) is 13.7. The molecule has 3 aromatic heterocycles. The molecule has 0 bridgehead atoms. The molecule has 6 heteroatoms. The third-order valence-electron chi connectivity index (χ3n) is 8.69. The van der Waals surface area contributed by atoms with Crippen molar-refractivity contribution in [3.8, 4) is 34.1 Å². The number of aromatic nitrogens is 4. The summed E-state index contributed by atoms with van der Waals surface area (Å²) in [4.78, 5) is 4.76. The molecule has 0 N–H and O–H groups in total. The Balaban J connectivity index is 0.00000386. The Hall–Kier alpha value is -4.47. The van der Waals surface area contributed by atoms with E-state index in [1.807, 2.05) is 35.1 Å². The van der Waals surface area contributed by atoms with Crippen molar-refractivity contribution in [3.05, 3.63) is 131 Å². The van der Waals surface area contributed by atoms with E-state index in [1.165, 1.54) is 30.2 Å². The maximum atomic E-state index is 6.50. The topological polar surface area (TPSA) is 44.9 Å². The summed E-state index contributed by atoms with van der Waals surface area (Å²) >= 11 is 0. The van der Waals surface area contributed by atoms with Crippen LogP contribution in [0.15, 0.2) is 91.1 Å². The minimum atomic E-state index is 0. The SMILES string of the molecule is CCCCCc1ccc2c(c1)c1ccc(Oc3[c-]c(-n4nc(C)c(-c5ccccc5)c4C)cc(C)c3)[c-]c1n2-c1cc(C)ccn1.[Pt+2]. The van der Waals surface area contributed by atoms with E-state index in [-0.39, 0.29) is 21.1 Å². The molecule has 4 aromatic carbocycles. The Morgan fingerprint density at radius 1 is 0.766 bits per heavy atom.